The van der Waals surface area contributed by atoms with E-state index in [9.17, 15) is 5.11 Å². The van der Waals surface area contributed by atoms with E-state index in [0.717, 1.165) is 33.8 Å². The molecule has 5 heteroatoms. The Hall–Kier alpha value is -2.50. The largest absolute Gasteiger partial charge is 0.493 e. The molecule has 2 heterocycles. The molecule has 3 aromatic rings. The fourth-order valence-electron chi connectivity index (χ4n) is 2.88. The molecule has 1 aliphatic rings. The maximum atomic E-state index is 10.7. The third kappa shape index (κ3) is 2.86. The zero-order chi connectivity index (χ0) is 17.4. The van der Waals surface area contributed by atoms with Gasteiger partial charge in [-0.1, -0.05) is 37.3 Å². The van der Waals surface area contributed by atoms with Gasteiger partial charge in [0.1, 0.15) is 0 Å². The second-order valence-electron chi connectivity index (χ2n) is 5.79. The van der Waals surface area contributed by atoms with Gasteiger partial charge in [-0.2, -0.15) is 0 Å². The highest BCUT2D eigenvalue weighted by atomic mass is 32.1. The van der Waals surface area contributed by atoms with Crippen molar-refractivity contribution in [2.75, 3.05) is 0 Å². The van der Waals surface area contributed by atoms with E-state index in [4.69, 9.17) is 12.2 Å². The summed E-state index contributed by atoms with van der Waals surface area (Å²) >= 11 is 6.88. The second kappa shape index (κ2) is 6.43. The minimum atomic E-state index is 0.171. The fraction of sp³-hybridized carbons (Fsp3) is 0.100. The molecule has 0 fully saturated rings. The molecular weight excluding hydrogens is 348 g/mol. The predicted octanol–water partition coefficient (Wildman–Crippen LogP) is 5.79. The summed E-state index contributed by atoms with van der Waals surface area (Å²) in [6.45, 7) is 2.12. The fourth-order valence-corrected chi connectivity index (χ4v) is 4.18. The number of benzene rings is 2. The summed E-state index contributed by atoms with van der Waals surface area (Å²) < 4.78 is 2.33. The summed E-state index contributed by atoms with van der Waals surface area (Å²) in [6.07, 6.45) is 4.76. The van der Waals surface area contributed by atoms with E-state index in [0.29, 0.717) is 3.95 Å². The molecule has 25 heavy (non-hydrogen) atoms. The van der Waals surface area contributed by atoms with Crippen molar-refractivity contribution in [1.29, 1.82) is 0 Å². The van der Waals surface area contributed by atoms with E-state index in [-0.39, 0.29) is 5.88 Å². The smallest absolute Gasteiger partial charge is 0.215 e. The van der Waals surface area contributed by atoms with Gasteiger partial charge in [0.05, 0.1) is 16.3 Å². The van der Waals surface area contributed by atoms with Crippen molar-refractivity contribution >= 4 is 47.1 Å². The first-order valence-corrected chi connectivity index (χ1v) is 9.29. The molecule has 4 rings (SSSR count). The number of fused-ring (bicyclic) bond motifs is 1. The van der Waals surface area contributed by atoms with Gasteiger partial charge in [-0.25, -0.2) is 0 Å². The van der Waals surface area contributed by atoms with Gasteiger partial charge in [0.25, 0.3) is 0 Å². The lowest BCUT2D eigenvalue weighted by Crippen LogP contribution is -1.93. The molecule has 1 aromatic heterocycles. The van der Waals surface area contributed by atoms with Crippen molar-refractivity contribution in [3.63, 3.8) is 0 Å². The van der Waals surface area contributed by atoms with Crippen LogP contribution in [0.15, 0.2) is 53.5 Å². The first-order chi connectivity index (χ1) is 12.2. The van der Waals surface area contributed by atoms with Crippen LogP contribution in [0, 0.1) is 3.95 Å². The summed E-state index contributed by atoms with van der Waals surface area (Å²) in [5.41, 5.74) is 5.13. The Labute approximate surface area is 155 Å². The van der Waals surface area contributed by atoms with Crippen molar-refractivity contribution in [3.8, 4) is 11.6 Å². The third-order valence-electron chi connectivity index (χ3n) is 4.26. The molecule has 0 amide bonds. The lowest BCUT2D eigenvalue weighted by atomic mass is 10.1. The summed E-state index contributed by atoms with van der Waals surface area (Å²) in [5, 5.41) is 10.7. The molecule has 3 nitrogen and oxygen atoms in total. The number of aromatic nitrogens is 1. The average Bonchev–Trinajstić information content (AvgIpc) is 3.17. The number of aliphatic imine (C=N–C) groups is 1. The number of hydrogen-bond acceptors (Lipinski definition) is 4. The number of thiazole rings is 1. The summed E-state index contributed by atoms with van der Waals surface area (Å²) in [7, 11) is 0. The van der Waals surface area contributed by atoms with Gasteiger partial charge in [-0.05, 0) is 48.5 Å². The van der Waals surface area contributed by atoms with Crippen LogP contribution in [0.4, 0.5) is 5.69 Å². The van der Waals surface area contributed by atoms with E-state index in [2.05, 4.69) is 24.0 Å². The van der Waals surface area contributed by atoms with Crippen molar-refractivity contribution < 1.29 is 5.11 Å². The Bertz CT molecular complexity index is 1060. The highest BCUT2D eigenvalue weighted by Crippen LogP contribution is 2.36. The van der Waals surface area contributed by atoms with Gasteiger partial charge in [-0.15, -0.1) is 11.3 Å². The van der Waals surface area contributed by atoms with Crippen molar-refractivity contribution in [1.82, 2.24) is 4.57 Å². The standard InChI is InChI=1S/C20H16N2OS2/c1-2-13-7-9-15(10-8-13)22-19(23)18(25-20(22)24)11-14-12-21-17-6-4-3-5-16(14)17/h3-12,23H,2H2,1H3. The van der Waals surface area contributed by atoms with Crippen molar-refractivity contribution in [3.05, 3.63) is 68.5 Å². The van der Waals surface area contributed by atoms with Gasteiger partial charge >= 0.3 is 0 Å². The van der Waals surface area contributed by atoms with Crippen LogP contribution in [0.25, 0.3) is 17.3 Å². The second-order valence-corrected chi connectivity index (χ2v) is 7.46. The van der Waals surface area contributed by atoms with Gasteiger partial charge in [-0.3, -0.25) is 9.56 Å². The molecular formula is C20H16N2OS2. The quantitative estimate of drug-likeness (QED) is 0.597. The summed E-state index contributed by atoms with van der Waals surface area (Å²) in [6, 6.07) is 16.1. The molecule has 0 aliphatic carbocycles. The van der Waals surface area contributed by atoms with Crippen LogP contribution in [-0.4, -0.2) is 15.9 Å². The van der Waals surface area contributed by atoms with Crippen molar-refractivity contribution in [2.24, 2.45) is 4.99 Å². The Kier molecular flexibility index (Phi) is 4.11. The Morgan fingerprint density at radius 2 is 1.92 bits per heavy atom. The van der Waals surface area contributed by atoms with E-state index in [1.54, 1.807) is 4.57 Å². The highest BCUT2D eigenvalue weighted by Gasteiger charge is 2.16. The van der Waals surface area contributed by atoms with E-state index in [1.807, 2.05) is 48.7 Å². The molecule has 0 saturated heterocycles. The Morgan fingerprint density at radius 1 is 1.16 bits per heavy atom. The Morgan fingerprint density at radius 3 is 2.68 bits per heavy atom. The maximum Gasteiger partial charge on any atom is 0.215 e. The molecule has 0 saturated carbocycles. The van der Waals surface area contributed by atoms with Crippen molar-refractivity contribution in [2.45, 2.75) is 13.3 Å². The average molecular weight is 364 g/mol. The Balaban J connectivity index is 1.77. The third-order valence-corrected chi connectivity index (χ3v) is 5.57. The van der Waals surface area contributed by atoms with Gasteiger partial charge < -0.3 is 5.11 Å². The number of rotatable bonds is 3. The number of aromatic hydroxyl groups is 1. The molecule has 0 unspecified atom stereocenters. The van der Waals surface area contributed by atoms with Gasteiger partial charge in [0, 0.05) is 17.4 Å². The van der Waals surface area contributed by atoms with Gasteiger partial charge in [0.15, 0.2) is 3.95 Å². The number of aryl methyl sites for hydroxylation is 1. The molecule has 0 radical (unpaired) electrons. The maximum absolute atomic E-state index is 10.7. The topological polar surface area (TPSA) is 37.5 Å². The zero-order valence-electron chi connectivity index (χ0n) is 13.6. The molecule has 0 atom stereocenters. The number of nitrogens with zero attached hydrogens (tertiary/aromatic N) is 2. The molecule has 1 N–H and O–H groups in total. The van der Waals surface area contributed by atoms with E-state index in [1.165, 1.54) is 16.9 Å². The van der Waals surface area contributed by atoms with Crippen LogP contribution >= 0.6 is 23.6 Å². The number of allylic oxidation sites excluding steroid dienone is 1. The first-order valence-electron chi connectivity index (χ1n) is 8.06. The number of hydrogen-bond donors (Lipinski definition) is 1. The van der Waals surface area contributed by atoms with E-state index >= 15 is 0 Å². The first kappa shape index (κ1) is 16.0. The lowest BCUT2D eigenvalue weighted by molar-refractivity contribution is 0.441. The summed E-state index contributed by atoms with van der Waals surface area (Å²) in [4.78, 5) is 5.15. The minimum absolute atomic E-state index is 0.171. The molecule has 0 spiro atoms. The van der Waals surface area contributed by atoms with Crippen LogP contribution in [0.1, 0.15) is 22.9 Å². The zero-order valence-corrected chi connectivity index (χ0v) is 15.3. The predicted molar refractivity (Wildman–Crippen MR) is 108 cm³/mol. The SMILES string of the molecule is CCc1ccc(-n2c(O)c(C=C3C=Nc4ccccc43)sc2=S)cc1. The highest BCUT2D eigenvalue weighted by molar-refractivity contribution is 7.73. The molecule has 1 aliphatic heterocycles. The van der Waals surface area contributed by atoms with Crippen LogP contribution < -0.4 is 0 Å². The molecule has 2 aromatic carbocycles. The summed E-state index contributed by atoms with van der Waals surface area (Å²) in [5.74, 6) is 0.171. The lowest BCUT2D eigenvalue weighted by Gasteiger charge is -2.06. The molecule has 0 bridgehead atoms. The monoisotopic (exact) mass is 364 g/mol. The molecule has 124 valence electrons. The van der Waals surface area contributed by atoms with Crippen LogP contribution in [0.5, 0.6) is 5.88 Å². The number of para-hydroxylation sites is 1. The van der Waals surface area contributed by atoms with E-state index < -0.39 is 0 Å². The normalized spacial score (nSPS) is 14.2. The van der Waals surface area contributed by atoms with Gasteiger partial charge in [0.2, 0.25) is 5.88 Å². The minimum Gasteiger partial charge on any atom is -0.493 e. The van der Waals surface area contributed by atoms with Crippen LogP contribution in [0.2, 0.25) is 0 Å². The van der Waals surface area contributed by atoms with Crippen LogP contribution in [-0.2, 0) is 6.42 Å². The van der Waals surface area contributed by atoms with Crippen LogP contribution in [0.3, 0.4) is 0 Å².